The Balaban J connectivity index is 2.13. The van der Waals surface area contributed by atoms with Gasteiger partial charge in [0.05, 0.1) is 30.4 Å². The molecule has 0 radical (unpaired) electrons. The number of nitriles is 1. The van der Waals surface area contributed by atoms with Crippen LogP contribution in [-0.2, 0) is 4.74 Å². The third kappa shape index (κ3) is 2.02. The summed E-state index contributed by atoms with van der Waals surface area (Å²) in [4.78, 5) is 6.04. The lowest BCUT2D eigenvalue weighted by molar-refractivity contribution is 0.0763. The fourth-order valence-electron chi connectivity index (χ4n) is 2.45. The largest absolute Gasteiger partial charge is 0.398 e. The minimum Gasteiger partial charge on any atom is -0.398 e. The number of rotatable bonds is 1. The molecule has 20 heavy (non-hydrogen) atoms. The lowest BCUT2D eigenvalue weighted by Gasteiger charge is -2.32. The molecule has 0 saturated carbocycles. The fourth-order valence-corrected chi connectivity index (χ4v) is 2.45. The lowest BCUT2D eigenvalue weighted by atomic mass is 10.1. The summed E-state index contributed by atoms with van der Waals surface area (Å²) in [6.45, 7) is 1.23. The molecule has 2 N–H and O–H groups in total. The van der Waals surface area contributed by atoms with Crippen molar-refractivity contribution in [3.05, 3.63) is 30.2 Å². The molecule has 1 atom stereocenters. The first-order chi connectivity index (χ1) is 9.70. The summed E-state index contributed by atoms with van der Waals surface area (Å²) in [7, 11) is 0. The van der Waals surface area contributed by atoms with Crippen LogP contribution in [0.25, 0.3) is 10.9 Å². The van der Waals surface area contributed by atoms with Gasteiger partial charge < -0.3 is 15.4 Å². The Morgan fingerprint density at radius 1 is 1.55 bits per heavy atom. The van der Waals surface area contributed by atoms with Gasteiger partial charge in [0.2, 0.25) is 0 Å². The molecule has 0 aliphatic carbocycles. The quantitative estimate of drug-likeness (QED) is 0.799. The summed E-state index contributed by atoms with van der Waals surface area (Å²) >= 11 is 0. The van der Waals surface area contributed by atoms with Gasteiger partial charge in [-0.05, 0) is 18.2 Å². The monoisotopic (exact) mass is 272 g/mol. The second kappa shape index (κ2) is 4.94. The van der Waals surface area contributed by atoms with Crippen molar-refractivity contribution in [1.82, 2.24) is 4.98 Å². The van der Waals surface area contributed by atoms with E-state index in [2.05, 4.69) is 11.1 Å². The van der Waals surface area contributed by atoms with Crippen molar-refractivity contribution in [2.45, 2.75) is 6.10 Å². The van der Waals surface area contributed by atoms with Crippen LogP contribution in [0.15, 0.2) is 24.4 Å². The second-order valence-electron chi connectivity index (χ2n) is 4.63. The van der Waals surface area contributed by atoms with Gasteiger partial charge in [-0.1, -0.05) is 0 Å². The lowest BCUT2D eigenvalue weighted by Crippen LogP contribution is -2.42. The molecule has 0 amide bonds. The highest BCUT2D eigenvalue weighted by Crippen LogP contribution is 2.33. The van der Waals surface area contributed by atoms with Gasteiger partial charge in [-0.3, -0.25) is 4.98 Å². The number of aromatic nitrogens is 1. The van der Waals surface area contributed by atoms with E-state index in [1.165, 1.54) is 6.07 Å². The normalized spacial score (nSPS) is 19.0. The summed E-state index contributed by atoms with van der Waals surface area (Å²) in [5.41, 5.74) is 7.10. The summed E-state index contributed by atoms with van der Waals surface area (Å²) in [5, 5.41) is 9.66. The second-order valence-corrected chi connectivity index (χ2v) is 4.63. The average molecular weight is 272 g/mol. The Morgan fingerprint density at radius 3 is 3.20 bits per heavy atom. The number of pyridine rings is 1. The predicted octanol–water partition coefficient (Wildman–Crippen LogP) is 1.68. The molecule has 1 aliphatic rings. The van der Waals surface area contributed by atoms with Crippen LogP contribution in [0, 0.1) is 17.1 Å². The maximum atomic E-state index is 14.3. The zero-order chi connectivity index (χ0) is 14.1. The molecule has 3 rings (SSSR count). The molecule has 2 heterocycles. The van der Waals surface area contributed by atoms with E-state index >= 15 is 0 Å². The van der Waals surface area contributed by atoms with Crippen molar-refractivity contribution in [3.8, 4) is 6.07 Å². The highest BCUT2D eigenvalue weighted by molar-refractivity contribution is 5.98. The first kappa shape index (κ1) is 12.6. The van der Waals surface area contributed by atoms with E-state index in [0.717, 1.165) is 0 Å². The molecule has 2 aromatic rings. The average Bonchev–Trinajstić information content (AvgIpc) is 2.47. The van der Waals surface area contributed by atoms with Crippen LogP contribution < -0.4 is 10.6 Å². The van der Waals surface area contributed by atoms with E-state index in [9.17, 15) is 4.39 Å². The Hall–Kier alpha value is -2.39. The van der Waals surface area contributed by atoms with Crippen LogP contribution in [0.4, 0.5) is 15.8 Å². The summed E-state index contributed by atoms with van der Waals surface area (Å²) < 4.78 is 19.6. The van der Waals surface area contributed by atoms with Crippen molar-refractivity contribution in [2.75, 3.05) is 30.3 Å². The zero-order valence-electron chi connectivity index (χ0n) is 10.7. The van der Waals surface area contributed by atoms with Gasteiger partial charge in [-0.15, -0.1) is 0 Å². The standard InChI is InChI=1S/C14H13FN4O/c15-11-6-12(17)10-2-1-3-18-13(10)14(11)19-4-5-20-9(7-16)8-19/h1-3,6,9H,4-5,8,17H2. The van der Waals surface area contributed by atoms with E-state index in [0.29, 0.717) is 42.0 Å². The van der Waals surface area contributed by atoms with Gasteiger partial charge in [0.1, 0.15) is 0 Å². The molecule has 0 bridgehead atoms. The van der Waals surface area contributed by atoms with Gasteiger partial charge >= 0.3 is 0 Å². The molecule has 102 valence electrons. The topological polar surface area (TPSA) is 75.2 Å². The van der Waals surface area contributed by atoms with Gasteiger partial charge in [0.25, 0.3) is 0 Å². The van der Waals surface area contributed by atoms with Crippen LogP contribution >= 0.6 is 0 Å². The van der Waals surface area contributed by atoms with E-state index in [1.54, 1.807) is 17.2 Å². The Kier molecular flexibility index (Phi) is 3.12. The number of nitrogens with zero attached hydrogens (tertiary/aromatic N) is 3. The Labute approximate surface area is 115 Å². The highest BCUT2D eigenvalue weighted by atomic mass is 19.1. The number of benzene rings is 1. The number of ether oxygens (including phenoxy) is 1. The number of hydrogen-bond acceptors (Lipinski definition) is 5. The Bertz CT molecular complexity index is 697. The maximum absolute atomic E-state index is 14.3. The van der Waals surface area contributed by atoms with Crippen molar-refractivity contribution < 1.29 is 9.13 Å². The molecule has 1 aromatic carbocycles. The van der Waals surface area contributed by atoms with Gasteiger partial charge in [0.15, 0.2) is 11.9 Å². The minimum atomic E-state index is -0.556. The number of nitrogen functional groups attached to an aromatic ring is 1. The molecular weight excluding hydrogens is 259 g/mol. The number of nitrogens with two attached hydrogens (primary N) is 1. The molecule has 1 saturated heterocycles. The van der Waals surface area contributed by atoms with Crippen LogP contribution in [0.5, 0.6) is 0 Å². The summed E-state index contributed by atoms with van der Waals surface area (Å²) in [6, 6.07) is 6.92. The Morgan fingerprint density at radius 2 is 2.40 bits per heavy atom. The van der Waals surface area contributed by atoms with Crippen LogP contribution in [0.1, 0.15) is 0 Å². The van der Waals surface area contributed by atoms with Crippen molar-refractivity contribution in [3.63, 3.8) is 0 Å². The molecule has 0 spiro atoms. The van der Waals surface area contributed by atoms with Crippen LogP contribution in [0.3, 0.4) is 0 Å². The van der Waals surface area contributed by atoms with E-state index in [4.69, 9.17) is 15.7 Å². The number of morpholine rings is 1. The van der Waals surface area contributed by atoms with Gasteiger partial charge in [-0.25, -0.2) is 4.39 Å². The van der Waals surface area contributed by atoms with Gasteiger partial charge in [-0.2, -0.15) is 5.26 Å². The first-order valence-electron chi connectivity index (χ1n) is 6.29. The third-order valence-corrected chi connectivity index (χ3v) is 3.38. The summed E-state index contributed by atoms with van der Waals surface area (Å²) in [6.07, 6.45) is 1.05. The zero-order valence-corrected chi connectivity index (χ0v) is 10.7. The van der Waals surface area contributed by atoms with E-state index in [-0.39, 0.29) is 0 Å². The molecule has 1 aromatic heterocycles. The van der Waals surface area contributed by atoms with Crippen molar-refractivity contribution >= 4 is 22.3 Å². The number of anilines is 2. The molecule has 1 unspecified atom stereocenters. The molecular formula is C14H13FN4O. The highest BCUT2D eigenvalue weighted by Gasteiger charge is 2.25. The van der Waals surface area contributed by atoms with E-state index < -0.39 is 11.9 Å². The minimum absolute atomic E-state index is 0.322. The molecule has 6 heteroatoms. The van der Waals surface area contributed by atoms with Crippen LogP contribution in [-0.4, -0.2) is 30.8 Å². The predicted molar refractivity (Wildman–Crippen MR) is 73.7 cm³/mol. The molecule has 1 aliphatic heterocycles. The molecule has 1 fully saturated rings. The number of hydrogen-bond donors (Lipinski definition) is 1. The van der Waals surface area contributed by atoms with Crippen LogP contribution in [0.2, 0.25) is 0 Å². The van der Waals surface area contributed by atoms with Gasteiger partial charge in [0, 0.05) is 23.8 Å². The summed E-state index contributed by atoms with van der Waals surface area (Å²) in [5.74, 6) is -0.424. The van der Waals surface area contributed by atoms with E-state index in [1.807, 2.05) is 6.07 Å². The smallest absolute Gasteiger partial charge is 0.161 e. The third-order valence-electron chi connectivity index (χ3n) is 3.38. The SMILES string of the molecule is N#CC1CN(c2c(F)cc(N)c3cccnc23)CCO1. The first-order valence-corrected chi connectivity index (χ1v) is 6.29. The maximum Gasteiger partial charge on any atom is 0.161 e. The number of halogens is 1. The van der Waals surface area contributed by atoms with Crippen molar-refractivity contribution in [2.24, 2.45) is 0 Å². The molecule has 5 nitrogen and oxygen atoms in total. The number of fused-ring (bicyclic) bond motifs is 1. The van der Waals surface area contributed by atoms with Crippen molar-refractivity contribution in [1.29, 1.82) is 5.26 Å². The fraction of sp³-hybridized carbons (Fsp3) is 0.286.